The Morgan fingerprint density at radius 3 is 2.50 bits per heavy atom. The highest BCUT2D eigenvalue weighted by Crippen LogP contribution is 2.20. The van der Waals surface area contributed by atoms with Crippen LogP contribution in [0.25, 0.3) is 0 Å². The van der Waals surface area contributed by atoms with E-state index in [2.05, 4.69) is 4.98 Å². The Labute approximate surface area is 112 Å². The molecular weight excluding hydrogens is 294 g/mol. The van der Waals surface area contributed by atoms with Crippen molar-refractivity contribution in [2.75, 3.05) is 4.72 Å². The Kier molecular flexibility index (Phi) is 3.45. The normalized spacial score (nSPS) is 11.3. The number of carbonyl (C=O) groups is 1. The molecule has 0 radical (unpaired) electrons. The summed E-state index contributed by atoms with van der Waals surface area (Å²) >= 11 is 0. The van der Waals surface area contributed by atoms with Crippen LogP contribution in [0, 0.1) is 11.6 Å². The van der Waals surface area contributed by atoms with Gasteiger partial charge in [-0.15, -0.1) is 0 Å². The van der Waals surface area contributed by atoms with Gasteiger partial charge >= 0.3 is 5.97 Å². The van der Waals surface area contributed by atoms with Gasteiger partial charge in [-0.25, -0.2) is 22.0 Å². The highest BCUT2D eigenvalue weighted by atomic mass is 32.2. The van der Waals surface area contributed by atoms with E-state index in [9.17, 15) is 22.0 Å². The van der Waals surface area contributed by atoms with Crippen molar-refractivity contribution in [3.8, 4) is 0 Å². The van der Waals surface area contributed by atoms with Crippen LogP contribution in [0.15, 0.2) is 35.4 Å². The SMILES string of the molecule is O=C(O)c1cc(S(=O)(=O)Nc2ccc(F)cc2F)c[nH]1. The first kappa shape index (κ1) is 14.0. The number of anilines is 1. The average Bonchev–Trinajstić information content (AvgIpc) is 2.83. The molecule has 1 aromatic carbocycles. The third-order valence-electron chi connectivity index (χ3n) is 2.37. The van der Waals surface area contributed by atoms with Gasteiger partial charge in [0, 0.05) is 12.3 Å². The standard InChI is InChI=1S/C11H8F2N2O4S/c12-6-1-2-9(8(13)3-6)15-20(18,19)7-4-10(11(16)17)14-5-7/h1-5,14-15H,(H,16,17). The van der Waals surface area contributed by atoms with Gasteiger partial charge in [-0.3, -0.25) is 4.72 Å². The van der Waals surface area contributed by atoms with Crippen LogP contribution in [0.1, 0.15) is 10.5 Å². The number of H-pyrrole nitrogens is 1. The highest BCUT2D eigenvalue weighted by molar-refractivity contribution is 7.92. The maximum Gasteiger partial charge on any atom is 0.352 e. The number of sulfonamides is 1. The van der Waals surface area contributed by atoms with E-state index < -0.39 is 33.3 Å². The molecule has 0 saturated heterocycles. The van der Waals surface area contributed by atoms with Gasteiger partial charge in [-0.05, 0) is 18.2 Å². The first-order valence-corrected chi connectivity index (χ1v) is 6.67. The molecular formula is C11H8F2N2O4S. The van der Waals surface area contributed by atoms with Crippen LogP contribution in [0.5, 0.6) is 0 Å². The summed E-state index contributed by atoms with van der Waals surface area (Å²) in [5.74, 6) is -3.26. The summed E-state index contributed by atoms with van der Waals surface area (Å²) in [6, 6.07) is 3.22. The van der Waals surface area contributed by atoms with Crippen LogP contribution >= 0.6 is 0 Å². The van der Waals surface area contributed by atoms with Gasteiger partial charge in [0.05, 0.1) is 5.69 Å². The second-order valence-corrected chi connectivity index (χ2v) is 5.47. The number of aromatic nitrogens is 1. The van der Waals surface area contributed by atoms with Crippen molar-refractivity contribution < 1.29 is 27.1 Å². The third-order valence-corrected chi connectivity index (χ3v) is 3.72. The van der Waals surface area contributed by atoms with Gasteiger partial charge in [-0.1, -0.05) is 0 Å². The summed E-state index contributed by atoms with van der Waals surface area (Å²) in [7, 11) is -4.17. The minimum atomic E-state index is -4.17. The number of aromatic carboxylic acids is 1. The number of hydrogen-bond acceptors (Lipinski definition) is 3. The molecule has 2 aromatic rings. The monoisotopic (exact) mass is 302 g/mol. The zero-order valence-electron chi connectivity index (χ0n) is 9.72. The van der Waals surface area contributed by atoms with Crippen molar-refractivity contribution in [2.45, 2.75) is 4.90 Å². The lowest BCUT2D eigenvalue weighted by Crippen LogP contribution is -2.13. The highest BCUT2D eigenvalue weighted by Gasteiger charge is 2.19. The number of carboxylic acids is 1. The van der Waals surface area contributed by atoms with Gasteiger partial charge < -0.3 is 10.1 Å². The van der Waals surface area contributed by atoms with E-state index in [0.29, 0.717) is 6.07 Å². The molecule has 1 heterocycles. The minimum Gasteiger partial charge on any atom is -0.477 e. The first-order chi connectivity index (χ1) is 9.29. The zero-order valence-corrected chi connectivity index (χ0v) is 10.5. The molecule has 106 valence electrons. The lowest BCUT2D eigenvalue weighted by molar-refractivity contribution is 0.0691. The second-order valence-electron chi connectivity index (χ2n) is 3.78. The van der Waals surface area contributed by atoms with E-state index in [-0.39, 0.29) is 10.6 Å². The van der Waals surface area contributed by atoms with Crippen molar-refractivity contribution in [1.29, 1.82) is 0 Å². The van der Waals surface area contributed by atoms with E-state index in [0.717, 1.165) is 24.4 Å². The van der Waals surface area contributed by atoms with Gasteiger partial charge in [0.2, 0.25) is 0 Å². The van der Waals surface area contributed by atoms with Crippen molar-refractivity contribution in [1.82, 2.24) is 4.98 Å². The molecule has 0 saturated carbocycles. The van der Waals surface area contributed by atoms with Gasteiger partial charge in [0.25, 0.3) is 10.0 Å². The van der Waals surface area contributed by atoms with Gasteiger partial charge in [-0.2, -0.15) is 0 Å². The Morgan fingerprint density at radius 1 is 1.25 bits per heavy atom. The molecule has 0 spiro atoms. The largest absolute Gasteiger partial charge is 0.477 e. The molecule has 0 aliphatic rings. The van der Waals surface area contributed by atoms with E-state index in [1.165, 1.54) is 0 Å². The van der Waals surface area contributed by atoms with E-state index in [4.69, 9.17) is 5.11 Å². The Balaban J connectivity index is 2.33. The first-order valence-electron chi connectivity index (χ1n) is 5.19. The molecule has 0 aliphatic heterocycles. The van der Waals surface area contributed by atoms with Crippen LogP contribution in [0.2, 0.25) is 0 Å². The van der Waals surface area contributed by atoms with E-state index in [1.54, 1.807) is 0 Å². The third kappa shape index (κ3) is 2.77. The fourth-order valence-electron chi connectivity index (χ4n) is 1.43. The Hall–Kier alpha value is -2.42. The number of nitrogens with one attached hydrogen (secondary N) is 2. The van der Waals surface area contributed by atoms with E-state index >= 15 is 0 Å². The van der Waals surface area contributed by atoms with Crippen LogP contribution in [0.3, 0.4) is 0 Å². The predicted molar refractivity (Wildman–Crippen MR) is 64.9 cm³/mol. The molecule has 0 amide bonds. The lowest BCUT2D eigenvalue weighted by atomic mass is 10.3. The number of hydrogen-bond donors (Lipinski definition) is 3. The van der Waals surface area contributed by atoms with Gasteiger partial charge in [0.15, 0.2) is 0 Å². The van der Waals surface area contributed by atoms with Crippen LogP contribution in [-0.2, 0) is 10.0 Å². The molecule has 0 bridgehead atoms. The van der Waals surface area contributed by atoms with Crippen molar-refractivity contribution in [3.63, 3.8) is 0 Å². The fourth-order valence-corrected chi connectivity index (χ4v) is 2.49. The summed E-state index contributed by atoms with van der Waals surface area (Å²) < 4.78 is 51.7. The maximum atomic E-state index is 13.4. The number of benzene rings is 1. The molecule has 6 nitrogen and oxygen atoms in total. The Morgan fingerprint density at radius 2 is 1.95 bits per heavy atom. The number of carboxylic acid groups (broad SMARTS) is 1. The summed E-state index contributed by atoms with van der Waals surface area (Å²) in [4.78, 5) is 12.5. The summed E-state index contributed by atoms with van der Waals surface area (Å²) in [5, 5.41) is 8.68. The van der Waals surface area contributed by atoms with Crippen LogP contribution in [0.4, 0.5) is 14.5 Å². The van der Waals surface area contributed by atoms with Crippen LogP contribution in [-0.4, -0.2) is 24.5 Å². The number of aromatic amines is 1. The van der Waals surface area contributed by atoms with Crippen LogP contribution < -0.4 is 4.72 Å². The fraction of sp³-hybridized carbons (Fsp3) is 0. The number of rotatable bonds is 4. The quantitative estimate of drug-likeness (QED) is 0.801. The topological polar surface area (TPSA) is 99.3 Å². The molecule has 9 heteroatoms. The summed E-state index contributed by atoms with van der Waals surface area (Å²) in [6.07, 6.45) is 0.952. The average molecular weight is 302 g/mol. The molecule has 3 N–H and O–H groups in total. The molecule has 0 fully saturated rings. The number of halogens is 2. The molecule has 0 aliphatic carbocycles. The molecule has 0 unspecified atom stereocenters. The lowest BCUT2D eigenvalue weighted by Gasteiger charge is -2.07. The second kappa shape index (κ2) is 4.93. The van der Waals surface area contributed by atoms with Gasteiger partial charge in [0.1, 0.15) is 22.2 Å². The van der Waals surface area contributed by atoms with Crippen molar-refractivity contribution in [3.05, 3.63) is 47.8 Å². The predicted octanol–water partition coefficient (Wildman–Crippen LogP) is 1.79. The van der Waals surface area contributed by atoms with Crippen molar-refractivity contribution >= 4 is 21.7 Å². The maximum absolute atomic E-state index is 13.4. The zero-order chi connectivity index (χ0) is 14.9. The summed E-state index contributed by atoms with van der Waals surface area (Å²) in [6.45, 7) is 0. The molecule has 1 aromatic heterocycles. The van der Waals surface area contributed by atoms with Crippen molar-refractivity contribution in [2.24, 2.45) is 0 Å². The molecule has 20 heavy (non-hydrogen) atoms. The minimum absolute atomic E-state index is 0.329. The smallest absolute Gasteiger partial charge is 0.352 e. The van der Waals surface area contributed by atoms with E-state index in [1.807, 2.05) is 4.72 Å². The Bertz CT molecular complexity index is 770. The molecule has 0 atom stereocenters. The molecule has 2 rings (SSSR count). The summed E-state index contributed by atoms with van der Waals surface area (Å²) in [5.41, 5.74) is -0.769.